The molecule has 0 unspecified atom stereocenters. The van der Waals surface area contributed by atoms with Crippen LogP contribution in [0.3, 0.4) is 0 Å². The molecule has 3 aromatic rings. The quantitative estimate of drug-likeness (QED) is 0.514. The number of rotatable bonds is 6. The van der Waals surface area contributed by atoms with Crippen LogP contribution in [0.5, 0.6) is 5.75 Å². The van der Waals surface area contributed by atoms with E-state index in [0.29, 0.717) is 12.2 Å². The van der Waals surface area contributed by atoms with Crippen LogP contribution in [0.4, 0.5) is 11.4 Å². The van der Waals surface area contributed by atoms with E-state index in [2.05, 4.69) is 49.5 Å². The SMILES string of the molecule is CCOc1ccc(C(=O)N2c3ccccc3[C@@H](Nc3ccccc3)[C@@H](C)[C@@H]2CC)cc1. The van der Waals surface area contributed by atoms with Gasteiger partial charge in [-0.2, -0.15) is 0 Å². The first kappa shape index (κ1) is 21.0. The lowest BCUT2D eigenvalue weighted by Crippen LogP contribution is -2.50. The van der Waals surface area contributed by atoms with Gasteiger partial charge in [-0.25, -0.2) is 0 Å². The number of para-hydroxylation sites is 2. The first-order valence-electron chi connectivity index (χ1n) is 11.1. The molecule has 31 heavy (non-hydrogen) atoms. The predicted molar refractivity (Wildman–Crippen MR) is 127 cm³/mol. The van der Waals surface area contributed by atoms with Crippen molar-refractivity contribution in [1.82, 2.24) is 0 Å². The Kier molecular flexibility index (Phi) is 6.26. The van der Waals surface area contributed by atoms with Gasteiger partial charge in [-0.15, -0.1) is 0 Å². The van der Waals surface area contributed by atoms with Crippen LogP contribution in [0, 0.1) is 5.92 Å². The molecule has 1 amide bonds. The fourth-order valence-corrected chi connectivity index (χ4v) is 4.63. The molecule has 1 N–H and O–H groups in total. The molecule has 3 atom stereocenters. The Balaban J connectivity index is 1.71. The Morgan fingerprint density at radius 3 is 2.29 bits per heavy atom. The lowest BCUT2D eigenvalue weighted by Gasteiger charge is -2.45. The van der Waals surface area contributed by atoms with Gasteiger partial charge in [-0.05, 0) is 61.4 Å². The highest BCUT2D eigenvalue weighted by Crippen LogP contribution is 2.44. The second kappa shape index (κ2) is 9.25. The summed E-state index contributed by atoms with van der Waals surface area (Å²) in [6.45, 7) is 6.96. The molecule has 4 rings (SSSR count). The number of amides is 1. The van der Waals surface area contributed by atoms with Gasteiger partial charge >= 0.3 is 0 Å². The number of carbonyl (C=O) groups is 1. The summed E-state index contributed by atoms with van der Waals surface area (Å²) < 4.78 is 5.54. The van der Waals surface area contributed by atoms with Gasteiger partial charge in [-0.1, -0.05) is 50.2 Å². The molecular formula is C27H30N2O2. The molecule has 0 aliphatic carbocycles. The highest BCUT2D eigenvalue weighted by molar-refractivity contribution is 6.07. The van der Waals surface area contributed by atoms with Crippen molar-refractivity contribution in [3.05, 3.63) is 90.0 Å². The van der Waals surface area contributed by atoms with Crippen LogP contribution in [-0.2, 0) is 0 Å². The summed E-state index contributed by atoms with van der Waals surface area (Å²) in [4.78, 5) is 15.7. The van der Waals surface area contributed by atoms with Gasteiger partial charge < -0.3 is 15.0 Å². The first-order valence-corrected chi connectivity index (χ1v) is 11.1. The van der Waals surface area contributed by atoms with Crippen LogP contribution in [0.15, 0.2) is 78.9 Å². The van der Waals surface area contributed by atoms with E-state index >= 15 is 0 Å². The minimum Gasteiger partial charge on any atom is -0.494 e. The number of hydrogen-bond acceptors (Lipinski definition) is 3. The molecule has 0 fully saturated rings. The summed E-state index contributed by atoms with van der Waals surface area (Å²) in [7, 11) is 0. The number of hydrogen-bond donors (Lipinski definition) is 1. The van der Waals surface area contributed by atoms with Crippen LogP contribution in [-0.4, -0.2) is 18.6 Å². The Morgan fingerprint density at radius 1 is 0.935 bits per heavy atom. The average molecular weight is 415 g/mol. The highest BCUT2D eigenvalue weighted by atomic mass is 16.5. The predicted octanol–water partition coefficient (Wildman–Crippen LogP) is 6.31. The monoisotopic (exact) mass is 414 g/mol. The van der Waals surface area contributed by atoms with Gasteiger partial charge in [-0.3, -0.25) is 4.79 Å². The van der Waals surface area contributed by atoms with Crippen LogP contribution in [0.2, 0.25) is 0 Å². The Labute approximate surface area is 184 Å². The number of ether oxygens (including phenoxy) is 1. The van der Waals surface area contributed by atoms with E-state index in [1.54, 1.807) is 0 Å². The van der Waals surface area contributed by atoms with Gasteiger partial charge in [0, 0.05) is 28.9 Å². The molecule has 1 aliphatic heterocycles. The Hall–Kier alpha value is -3.27. The fourth-order valence-electron chi connectivity index (χ4n) is 4.63. The van der Waals surface area contributed by atoms with E-state index < -0.39 is 0 Å². The molecular weight excluding hydrogens is 384 g/mol. The van der Waals surface area contributed by atoms with E-state index in [1.807, 2.05) is 60.4 Å². The van der Waals surface area contributed by atoms with Crippen molar-refractivity contribution in [2.75, 3.05) is 16.8 Å². The maximum Gasteiger partial charge on any atom is 0.258 e. The van der Waals surface area contributed by atoms with Crippen LogP contribution >= 0.6 is 0 Å². The molecule has 0 spiro atoms. The largest absolute Gasteiger partial charge is 0.494 e. The van der Waals surface area contributed by atoms with Crippen LogP contribution in [0.25, 0.3) is 0 Å². The van der Waals surface area contributed by atoms with E-state index in [-0.39, 0.29) is 23.9 Å². The molecule has 0 radical (unpaired) electrons. The highest BCUT2D eigenvalue weighted by Gasteiger charge is 2.40. The lowest BCUT2D eigenvalue weighted by atomic mass is 9.80. The molecule has 1 heterocycles. The van der Waals surface area contributed by atoms with Crippen molar-refractivity contribution in [1.29, 1.82) is 0 Å². The maximum atomic E-state index is 13.7. The number of carbonyl (C=O) groups excluding carboxylic acids is 1. The van der Waals surface area contributed by atoms with E-state index in [9.17, 15) is 4.79 Å². The summed E-state index contributed by atoms with van der Waals surface area (Å²) in [5.41, 5.74) is 3.91. The number of benzene rings is 3. The normalized spacial score (nSPS) is 20.1. The molecule has 1 aliphatic rings. The third-order valence-corrected chi connectivity index (χ3v) is 6.14. The van der Waals surface area contributed by atoms with Crippen molar-refractivity contribution in [2.24, 2.45) is 5.92 Å². The summed E-state index contributed by atoms with van der Waals surface area (Å²) in [6.07, 6.45) is 0.880. The zero-order valence-corrected chi connectivity index (χ0v) is 18.4. The number of anilines is 2. The molecule has 4 heteroatoms. The van der Waals surface area contributed by atoms with Crippen molar-refractivity contribution in [3.63, 3.8) is 0 Å². The molecule has 0 saturated heterocycles. The summed E-state index contributed by atoms with van der Waals surface area (Å²) in [5, 5.41) is 3.72. The van der Waals surface area contributed by atoms with Crippen molar-refractivity contribution in [3.8, 4) is 5.75 Å². The molecule has 4 nitrogen and oxygen atoms in total. The van der Waals surface area contributed by atoms with Gasteiger partial charge in [0.05, 0.1) is 12.6 Å². The topological polar surface area (TPSA) is 41.6 Å². The number of nitrogens with zero attached hydrogens (tertiary/aromatic N) is 1. The smallest absolute Gasteiger partial charge is 0.258 e. The number of fused-ring (bicyclic) bond motifs is 1. The third-order valence-electron chi connectivity index (χ3n) is 6.14. The lowest BCUT2D eigenvalue weighted by molar-refractivity contribution is 0.0960. The number of nitrogens with one attached hydrogen (secondary N) is 1. The van der Waals surface area contributed by atoms with E-state index in [4.69, 9.17) is 4.74 Å². The van der Waals surface area contributed by atoms with Crippen molar-refractivity contribution < 1.29 is 9.53 Å². The molecule has 0 saturated carbocycles. The Morgan fingerprint density at radius 2 is 1.61 bits per heavy atom. The second-order valence-electron chi connectivity index (χ2n) is 8.01. The van der Waals surface area contributed by atoms with Gasteiger partial charge in [0.15, 0.2) is 0 Å². The summed E-state index contributed by atoms with van der Waals surface area (Å²) in [5.74, 6) is 1.06. The molecule has 3 aromatic carbocycles. The third kappa shape index (κ3) is 4.15. The first-order chi connectivity index (χ1) is 15.1. The van der Waals surface area contributed by atoms with Crippen molar-refractivity contribution in [2.45, 2.75) is 39.3 Å². The van der Waals surface area contributed by atoms with Crippen LogP contribution in [0.1, 0.15) is 49.2 Å². The molecule has 160 valence electrons. The molecule has 0 aromatic heterocycles. The van der Waals surface area contributed by atoms with E-state index in [0.717, 1.165) is 29.1 Å². The standard InChI is InChI=1S/C27H30N2O2/c1-4-24-19(3)26(28-21-11-7-6-8-12-21)23-13-9-10-14-25(23)29(24)27(30)20-15-17-22(18-16-20)31-5-2/h6-19,24,26,28H,4-5H2,1-3H3/t19-,24-,26-/m0/s1. The average Bonchev–Trinajstić information content (AvgIpc) is 2.81. The van der Waals surface area contributed by atoms with Gasteiger partial charge in [0.25, 0.3) is 5.91 Å². The van der Waals surface area contributed by atoms with E-state index in [1.165, 1.54) is 0 Å². The maximum absolute atomic E-state index is 13.7. The zero-order valence-electron chi connectivity index (χ0n) is 18.4. The Bertz CT molecular complexity index is 1020. The zero-order chi connectivity index (χ0) is 21.8. The van der Waals surface area contributed by atoms with Gasteiger partial charge in [0.1, 0.15) is 5.75 Å². The van der Waals surface area contributed by atoms with Gasteiger partial charge in [0.2, 0.25) is 0 Å². The molecule has 0 bridgehead atoms. The van der Waals surface area contributed by atoms with Crippen molar-refractivity contribution >= 4 is 17.3 Å². The fraction of sp³-hybridized carbons (Fsp3) is 0.296. The minimum atomic E-state index is 0.0346. The summed E-state index contributed by atoms with van der Waals surface area (Å²) in [6, 6.07) is 26.3. The minimum absolute atomic E-state index is 0.0346. The second-order valence-corrected chi connectivity index (χ2v) is 8.01. The summed E-state index contributed by atoms with van der Waals surface area (Å²) >= 11 is 0. The van der Waals surface area contributed by atoms with Crippen LogP contribution < -0.4 is 15.0 Å².